The van der Waals surface area contributed by atoms with Gasteiger partial charge in [-0.05, 0) is 26.0 Å². The second-order valence-corrected chi connectivity index (χ2v) is 4.15. The highest BCUT2D eigenvalue weighted by molar-refractivity contribution is 5.76. The van der Waals surface area contributed by atoms with Crippen molar-refractivity contribution in [3.05, 3.63) is 47.3 Å². The molecule has 1 aromatic carbocycles. The first-order valence-electron chi connectivity index (χ1n) is 5.62. The number of carboxylic acids is 1. The molecule has 0 aliphatic rings. The number of carbonyl (C=O) groups is 1. The monoisotopic (exact) mass is 245 g/mol. The van der Waals surface area contributed by atoms with E-state index in [9.17, 15) is 4.79 Å². The van der Waals surface area contributed by atoms with E-state index in [1.165, 1.54) is 0 Å². The number of carboxylic acid groups (broad SMARTS) is 1. The van der Waals surface area contributed by atoms with Crippen molar-refractivity contribution < 1.29 is 9.90 Å². The predicted molar refractivity (Wildman–Crippen MR) is 67.6 cm³/mol. The SMILES string of the molecule is Cc1nn(-c2ccccc2)c(C)c1C(N)C(=O)O. The molecule has 1 atom stereocenters. The van der Waals surface area contributed by atoms with Crippen molar-refractivity contribution in [2.45, 2.75) is 19.9 Å². The van der Waals surface area contributed by atoms with Crippen molar-refractivity contribution >= 4 is 5.97 Å². The van der Waals surface area contributed by atoms with Crippen molar-refractivity contribution in [2.24, 2.45) is 5.73 Å². The zero-order valence-corrected chi connectivity index (χ0v) is 10.3. The number of benzene rings is 1. The maximum absolute atomic E-state index is 11.0. The lowest BCUT2D eigenvalue weighted by molar-refractivity contribution is -0.138. The fraction of sp³-hybridized carbons (Fsp3) is 0.231. The average molecular weight is 245 g/mol. The molecule has 0 saturated carbocycles. The fourth-order valence-electron chi connectivity index (χ4n) is 2.05. The van der Waals surface area contributed by atoms with Crippen LogP contribution in [0.25, 0.3) is 5.69 Å². The summed E-state index contributed by atoms with van der Waals surface area (Å²) in [5.74, 6) is -1.05. The van der Waals surface area contributed by atoms with E-state index in [1.807, 2.05) is 37.3 Å². The third-order valence-corrected chi connectivity index (χ3v) is 2.93. The Morgan fingerprint density at radius 3 is 2.50 bits per heavy atom. The molecule has 0 saturated heterocycles. The molecule has 0 amide bonds. The van der Waals surface area contributed by atoms with E-state index in [4.69, 9.17) is 10.8 Å². The van der Waals surface area contributed by atoms with Crippen LogP contribution in [-0.2, 0) is 4.79 Å². The Kier molecular flexibility index (Phi) is 3.16. The molecule has 5 nitrogen and oxygen atoms in total. The molecule has 1 heterocycles. The Hall–Kier alpha value is -2.14. The summed E-state index contributed by atoms with van der Waals surface area (Å²) in [5, 5.41) is 13.4. The smallest absolute Gasteiger partial charge is 0.325 e. The molecule has 0 aliphatic heterocycles. The number of aryl methyl sites for hydroxylation is 1. The predicted octanol–water partition coefficient (Wildman–Crippen LogP) is 1.57. The van der Waals surface area contributed by atoms with Gasteiger partial charge in [-0.2, -0.15) is 5.10 Å². The van der Waals surface area contributed by atoms with E-state index in [1.54, 1.807) is 11.6 Å². The number of hydrogen-bond donors (Lipinski definition) is 2. The maximum Gasteiger partial charge on any atom is 0.325 e. The minimum absolute atomic E-state index is 0.575. The maximum atomic E-state index is 11.0. The Morgan fingerprint density at radius 2 is 1.94 bits per heavy atom. The van der Waals surface area contributed by atoms with E-state index >= 15 is 0 Å². The van der Waals surface area contributed by atoms with Gasteiger partial charge in [0.2, 0.25) is 0 Å². The molecule has 18 heavy (non-hydrogen) atoms. The van der Waals surface area contributed by atoms with Gasteiger partial charge in [0, 0.05) is 11.3 Å². The van der Waals surface area contributed by atoms with Gasteiger partial charge in [-0.3, -0.25) is 4.79 Å². The molecular weight excluding hydrogens is 230 g/mol. The molecule has 5 heteroatoms. The van der Waals surface area contributed by atoms with Crippen molar-refractivity contribution in [1.29, 1.82) is 0 Å². The van der Waals surface area contributed by atoms with Crippen LogP contribution in [0.1, 0.15) is 23.0 Å². The Balaban J connectivity index is 2.54. The highest BCUT2D eigenvalue weighted by atomic mass is 16.4. The van der Waals surface area contributed by atoms with Crippen LogP contribution in [0.5, 0.6) is 0 Å². The molecule has 0 spiro atoms. The van der Waals surface area contributed by atoms with Crippen molar-refractivity contribution in [3.8, 4) is 5.69 Å². The summed E-state index contributed by atoms with van der Waals surface area (Å²) in [7, 11) is 0. The third kappa shape index (κ3) is 2.00. The molecule has 0 fully saturated rings. The quantitative estimate of drug-likeness (QED) is 0.860. The van der Waals surface area contributed by atoms with Gasteiger partial charge in [0.05, 0.1) is 11.4 Å². The first kappa shape index (κ1) is 12.3. The Labute approximate surface area is 105 Å². The zero-order chi connectivity index (χ0) is 13.3. The first-order chi connectivity index (χ1) is 8.52. The molecular formula is C13H15N3O2. The largest absolute Gasteiger partial charge is 0.480 e. The van der Waals surface area contributed by atoms with Gasteiger partial charge >= 0.3 is 5.97 Å². The van der Waals surface area contributed by atoms with E-state index in [-0.39, 0.29) is 0 Å². The fourth-order valence-corrected chi connectivity index (χ4v) is 2.05. The van der Waals surface area contributed by atoms with Crippen LogP contribution < -0.4 is 5.73 Å². The normalized spacial score (nSPS) is 12.4. The van der Waals surface area contributed by atoms with Gasteiger partial charge in [0.15, 0.2) is 0 Å². The lowest BCUT2D eigenvalue weighted by Crippen LogP contribution is -2.22. The Morgan fingerprint density at radius 1 is 1.33 bits per heavy atom. The molecule has 2 rings (SSSR count). The van der Waals surface area contributed by atoms with Gasteiger partial charge in [-0.1, -0.05) is 18.2 Å². The van der Waals surface area contributed by atoms with Crippen molar-refractivity contribution in [2.75, 3.05) is 0 Å². The molecule has 94 valence electrons. The van der Waals surface area contributed by atoms with Crippen LogP contribution in [-0.4, -0.2) is 20.9 Å². The summed E-state index contributed by atoms with van der Waals surface area (Å²) < 4.78 is 1.72. The van der Waals surface area contributed by atoms with Crippen molar-refractivity contribution in [1.82, 2.24) is 9.78 Å². The van der Waals surface area contributed by atoms with Crippen molar-refractivity contribution in [3.63, 3.8) is 0 Å². The molecule has 0 bridgehead atoms. The third-order valence-electron chi connectivity index (χ3n) is 2.93. The second kappa shape index (κ2) is 4.62. The first-order valence-corrected chi connectivity index (χ1v) is 5.62. The zero-order valence-electron chi connectivity index (χ0n) is 10.3. The van der Waals surface area contributed by atoms with Crippen LogP contribution in [0.4, 0.5) is 0 Å². The van der Waals surface area contributed by atoms with E-state index < -0.39 is 12.0 Å². The van der Waals surface area contributed by atoms with Gasteiger partial charge in [-0.15, -0.1) is 0 Å². The molecule has 2 aromatic rings. The molecule has 3 N–H and O–H groups in total. The minimum Gasteiger partial charge on any atom is -0.480 e. The standard InChI is InChI=1S/C13H15N3O2/c1-8-11(12(14)13(17)18)9(2)16(15-8)10-6-4-3-5-7-10/h3-7,12H,14H2,1-2H3,(H,17,18). The number of aromatic nitrogens is 2. The van der Waals surface area contributed by atoms with Crippen LogP contribution in [0, 0.1) is 13.8 Å². The van der Waals surface area contributed by atoms with Crippen LogP contribution >= 0.6 is 0 Å². The number of nitrogens with zero attached hydrogens (tertiary/aromatic N) is 2. The van der Waals surface area contributed by atoms with Gasteiger partial charge in [-0.25, -0.2) is 4.68 Å². The van der Waals surface area contributed by atoms with Crippen LogP contribution in [0.3, 0.4) is 0 Å². The van der Waals surface area contributed by atoms with Gasteiger partial charge in [0.25, 0.3) is 0 Å². The topological polar surface area (TPSA) is 81.1 Å². The molecule has 0 aliphatic carbocycles. The Bertz CT molecular complexity index is 575. The molecule has 0 radical (unpaired) electrons. The van der Waals surface area contributed by atoms with E-state index in [0.29, 0.717) is 11.3 Å². The highest BCUT2D eigenvalue weighted by Crippen LogP contribution is 2.22. The molecule has 1 aromatic heterocycles. The summed E-state index contributed by atoms with van der Waals surface area (Å²) in [6, 6.07) is 8.51. The summed E-state index contributed by atoms with van der Waals surface area (Å²) >= 11 is 0. The second-order valence-electron chi connectivity index (χ2n) is 4.15. The van der Waals surface area contributed by atoms with Gasteiger partial charge in [0.1, 0.15) is 6.04 Å². The van der Waals surface area contributed by atoms with E-state index in [2.05, 4.69) is 5.10 Å². The summed E-state index contributed by atoms with van der Waals surface area (Å²) in [5.41, 5.74) is 8.55. The summed E-state index contributed by atoms with van der Waals surface area (Å²) in [6.07, 6.45) is 0. The van der Waals surface area contributed by atoms with Gasteiger partial charge < -0.3 is 10.8 Å². The lowest BCUT2D eigenvalue weighted by Gasteiger charge is -2.08. The summed E-state index contributed by atoms with van der Waals surface area (Å²) in [6.45, 7) is 3.59. The minimum atomic E-state index is -1.05. The summed E-state index contributed by atoms with van der Waals surface area (Å²) in [4.78, 5) is 11.0. The number of para-hydroxylation sites is 1. The number of rotatable bonds is 3. The van der Waals surface area contributed by atoms with Crippen LogP contribution in [0.15, 0.2) is 30.3 Å². The number of nitrogens with two attached hydrogens (primary N) is 1. The molecule has 1 unspecified atom stereocenters. The number of aliphatic carboxylic acids is 1. The van der Waals surface area contributed by atoms with E-state index in [0.717, 1.165) is 11.4 Å². The average Bonchev–Trinajstić information content (AvgIpc) is 2.65. The lowest BCUT2D eigenvalue weighted by atomic mass is 10.1. The number of hydrogen-bond acceptors (Lipinski definition) is 3. The van der Waals surface area contributed by atoms with Crippen LogP contribution in [0.2, 0.25) is 0 Å². The highest BCUT2D eigenvalue weighted by Gasteiger charge is 2.23.